The number of rotatable bonds is 5. The molecule has 1 aliphatic heterocycles. The maximum absolute atomic E-state index is 12.6. The number of carbonyl (C=O) groups excluding carboxylic acids is 1. The SMILES string of the molecule is Cc1ccc2c(c1)nc(-c1ccc(-c3ccc4c(n3)CC=C4)cc1)n2C[C@@H]1CCN(C(=O)C2CC2)C1. The van der Waals surface area contributed by atoms with E-state index >= 15 is 0 Å². The molecule has 1 saturated carbocycles. The number of fused-ring (bicyclic) bond motifs is 2. The van der Waals surface area contributed by atoms with Crippen molar-refractivity contribution in [3.63, 3.8) is 0 Å². The Bertz CT molecular complexity index is 1510. The van der Waals surface area contributed by atoms with Gasteiger partial charge in [0.2, 0.25) is 5.91 Å². The van der Waals surface area contributed by atoms with Crippen molar-refractivity contribution in [1.82, 2.24) is 19.4 Å². The van der Waals surface area contributed by atoms with E-state index in [9.17, 15) is 4.79 Å². The summed E-state index contributed by atoms with van der Waals surface area (Å²) in [6.07, 6.45) is 8.43. The van der Waals surface area contributed by atoms with Crippen LogP contribution in [0.3, 0.4) is 0 Å². The van der Waals surface area contributed by atoms with Crippen molar-refractivity contribution in [2.75, 3.05) is 13.1 Å². The third kappa shape index (κ3) is 3.83. The predicted molar refractivity (Wildman–Crippen MR) is 143 cm³/mol. The van der Waals surface area contributed by atoms with Gasteiger partial charge in [0.05, 0.1) is 22.4 Å². The van der Waals surface area contributed by atoms with Crippen LogP contribution in [0.1, 0.15) is 36.1 Å². The molecule has 3 heterocycles. The molecular weight excluding hydrogens is 444 g/mol. The third-order valence-electron chi connectivity index (χ3n) is 7.93. The highest BCUT2D eigenvalue weighted by Crippen LogP contribution is 2.34. The smallest absolute Gasteiger partial charge is 0.225 e. The molecule has 5 nitrogen and oxygen atoms in total. The summed E-state index contributed by atoms with van der Waals surface area (Å²) < 4.78 is 2.37. The predicted octanol–water partition coefficient (Wildman–Crippen LogP) is 5.90. The number of allylic oxidation sites excluding steroid dienone is 1. The lowest BCUT2D eigenvalue weighted by Gasteiger charge is -2.18. The second kappa shape index (κ2) is 8.44. The zero-order chi connectivity index (χ0) is 24.2. The summed E-state index contributed by atoms with van der Waals surface area (Å²) in [5.41, 5.74) is 9.04. The lowest BCUT2D eigenvalue weighted by Crippen LogP contribution is -2.30. The molecule has 0 unspecified atom stereocenters. The fourth-order valence-electron chi connectivity index (χ4n) is 5.75. The largest absolute Gasteiger partial charge is 0.342 e. The van der Waals surface area contributed by atoms with Gasteiger partial charge in [0, 0.05) is 43.1 Å². The molecule has 4 aromatic rings. The van der Waals surface area contributed by atoms with Crippen molar-refractivity contribution >= 4 is 23.0 Å². The molecule has 5 heteroatoms. The van der Waals surface area contributed by atoms with Crippen LogP contribution in [0.2, 0.25) is 0 Å². The zero-order valence-electron chi connectivity index (χ0n) is 20.7. The van der Waals surface area contributed by atoms with Crippen molar-refractivity contribution in [2.45, 2.75) is 39.2 Å². The van der Waals surface area contributed by atoms with Gasteiger partial charge in [-0.2, -0.15) is 0 Å². The number of likely N-dealkylation sites (tertiary alicyclic amines) is 1. The zero-order valence-corrected chi connectivity index (χ0v) is 20.7. The molecule has 0 N–H and O–H groups in total. The van der Waals surface area contributed by atoms with Crippen LogP contribution in [-0.2, 0) is 17.8 Å². The highest BCUT2D eigenvalue weighted by molar-refractivity contribution is 5.82. The van der Waals surface area contributed by atoms with Gasteiger partial charge in [-0.1, -0.05) is 48.6 Å². The Morgan fingerprint density at radius 2 is 1.81 bits per heavy atom. The average Bonchev–Trinajstić information content (AvgIpc) is 3.30. The van der Waals surface area contributed by atoms with Gasteiger partial charge < -0.3 is 9.47 Å². The normalized spacial score (nSPS) is 18.8. The van der Waals surface area contributed by atoms with Gasteiger partial charge in [0.25, 0.3) is 0 Å². The molecule has 36 heavy (non-hydrogen) atoms. The number of hydrogen-bond acceptors (Lipinski definition) is 3. The number of pyridine rings is 1. The summed E-state index contributed by atoms with van der Waals surface area (Å²) in [6, 6.07) is 19.5. The van der Waals surface area contributed by atoms with Gasteiger partial charge in [-0.15, -0.1) is 0 Å². The van der Waals surface area contributed by atoms with Crippen LogP contribution in [0.15, 0.2) is 60.7 Å². The van der Waals surface area contributed by atoms with Crippen molar-refractivity contribution in [3.05, 3.63) is 77.5 Å². The van der Waals surface area contributed by atoms with Crippen LogP contribution in [0, 0.1) is 18.8 Å². The quantitative estimate of drug-likeness (QED) is 0.362. The van der Waals surface area contributed by atoms with Gasteiger partial charge in [0.15, 0.2) is 0 Å². The first-order valence-electron chi connectivity index (χ1n) is 13.2. The molecule has 1 saturated heterocycles. The first-order chi connectivity index (χ1) is 17.6. The molecule has 1 amide bonds. The number of aromatic nitrogens is 3. The summed E-state index contributed by atoms with van der Waals surface area (Å²) in [4.78, 5) is 24.7. The van der Waals surface area contributed by atoms with Gasteiger partial charge in [-0.3, -0.25) is 9.78 Å². The fourth-order valence-corrected chi connectivity index (χ4v) is 5.75. The number of benzene rings is 2. The Hall–Kier alpha value is -3.73. The molecule has 3 aliphatic rings. The lowest BCUT2D eigenvalue weighted by molar-refractivity contribution is -0.131. The van der Waals surface area contributed by atoms with E-state index in [1.807, 2.05) is 0 Å². The summed E-state index contributed by atoms with van der Waals surface area (Å²) >= 11 is 0. The van der Waals surface area contributed by atoms with Crippen LogP contribution in [-0.4, -0.2) is 38.4 Å². The van der Waals surface area contributed by atoms with E-state index in [-0.39, 0.29) is 0 Å². The molecular formula is C31H30N4O. The van der Waals surface area contributed by atoms with Gasteiger partial charge in [-0.05, 0) is 61.4 Å². The Morgan fingerprint density at radius 1 is 0.972 bits per heavy atom. The van der Waals surface area contributed by atoms with Crippen molar-refractivity contribution in [2.24, 2.45) is 11.8 Å². The van der Waals surface area contributed by atoms with Gasteiger partial charge in [-0.25, -0.2) is 4.98 Å². The highest BCUT2D eigenvalue weighted by Gasteiger charge is 2.36. The summed E-state index contributed by atoms with van der Waals surface area (Å²) in [7, 11) is 0. The van der Waals surface area contributed by atoms with Crippen molar-refractivity contribution in [1.29, 1.82) is 0 Å². The number of carbonyl (C=O) groups is 1. The standard InChI is InChI=1S/C31H30N4O/c1-20-5-14-29-28(17-20)33-30(35(29)19-21-15-16-34(18-21)31(36)25-10-11-25)24-8-6-23(7-9-24)27-13-12-22-3-2-4-26(22)32-27/h2-3,5-9,12-14,17,21,25H,4,10-11,15-16,18-19H2,1H3/t21-/m1/s1. The number of nitrogens with zero attached hydrogens (tertiary/aromatic N) is 4. The Kier molecular flexibility index (Phi) is 5.05. The molecule has 2 aliphatic carbocycles. The molecule has 1 atom stereocenters. The fraction of sp³-hybridized carbons (Fsp3) is 0.323. The molecule has 0 spiro atoms. The number of hydrogen-bond donors (Lipinski definition) is 0. The van der Waals surface area contributed by atoms with E-state index in [0.29, 0.717) is 17.7 Å². The molecule has 2 aromatic heterocycles. The molecule has 0 radical (unpaired) electrons. The topological polar surface area (TPSA) is 51.0 Å². The van der Waals surface area contributed by atoms with Gasteiger partial charge in [0.1, 0.15) is 5.82 Å². The first kappa shape index (κ1) is 21.5. The van der Waals surface area contributed by atoms with Crippen LogP contribution in [0.25, 0.3) is 39.8 Å². The maximum Gasteiger partial charge on any atom is 0.225 e. The second-order valence-electron chi connectivity index (χ2n) is 10.7. The van der Waals surface area contributed by atoms with E-state index in [2.05, 4.69) is 83.1 Å². The lowest BCUT2D eigenvalue weighted by atomic mass is 10.1. The molecule has 2 fully saturated rings. The minimum atomic E-state index is 0.298. The van der Waals surface area contributed by atoms with E-state index < -0.39 is 0 Å². The Morgan fingerprint density at radius 3 is 2.64 bits per heavy atom. The average molecular weight is 475 g/mol. The molecule has 2 aromatic carbocycles. The summed E-state index contributed by atoms with van der Waals surface area (Å²) in [6.45, 7) is 4.74. The van der Waals surface area contributed by atoms with E-state index in [1.54, 1.807) is 0 Å². The second-order valence-corrected chi connectivity index (χ2v) is 10.7. The number of amides is 1. The van der Waals surface area contributed by atoms with Crippen LogP contribution in [0.5, 0.6) is 0 Å². The van der Waals surface area contributed by atoms with Crippen molar-refractivity contribution in [3.8, 4) is 22.6 Å². The maximum atomic E-state index is 12.6. The molecule has 180 valence electrons. The Labute approximate surface area is 211 Å². The van der Waals surface area contributed by atoms with E-state index in [1.165, 1.54) is 16.6 Å². The summed E-state index contributed by atoms with van der Waals surface area (Å²) in [5.74, 6) is 2.12. The van der Waals surface area contributed by atoms with Crippen LogP contribution in [0.4, 0.5) is 0 Å². The molecule has 7 rings (SSSR count). The number of imidazole rings is 1. The minimum Gasteiger partial charge on any atom is -0.342 e. The number of aryl methyl sites for hydroxylation is 1. The highest BCUT2D eigenvalue weighted by atomic mass is 16.2. The van der Waals surface area contributed by atoms with Crippen molar-refractivity contribution < 1.29 is 4.79 Å². The third-order valence-corrected chi connectivity index (χ3v) is 7.93. The summed E-state index contributed by atoms with van der Waals surface area (Å²) in [5, 5.41) is 0. The van der Waals surface area contributed by atoms with Crippen LogP contribution >= 0.6 is 0 Å². The minimum absolute atomic E-state index is 0.298. The van der Waals surface area contributed by atoms with E-state index in [4.69, 9.17) is 9.97 Å². The van der Waals surface area contributed by atoms with E-state index in [0.717, 1.165) is 79.2 Å². The monoisotopic (exact) mass is 474 g/mol. The van der Waals surface area contributed by atoms with Gasteiger partial charge >= 0.3 is 0 Å². The first-order valence-corrected chi connectivity index (χ1v) is 13.2. The van der Waals surface area contributed by atoms with Crippen LogP contribution < -0.4 is 0 Å². The molecule has 0 bridgehead atoms. The Balaban J connectivity index is 1.20.